The summed E-state index contributed by atoms with van der Waals surface area (Å²) in [5.41, 5.74) is 2.75. The van der Waals surface area contributed by atoms with Crippen molar-refractivity contribution in [2.24, 2.45) is 0 Å². The van der Waals surface area contributed by atoms with E-state index in [4.69, 9.17) is 0 Å². The molecule has 0 aliphatic rings. The van der Waals surface area contributed by atoms with Crippen LogP contribution in [0.1, 0.15) is 35.2 Å². The molecule has 0 spiro atoms. The van der Waals surface area contributed by atoms with Gasteiger partial charge in [-0.1, -0.05) is 25.1 Å². The number of para-hydroxylation sites is 1. The summed E-state index contributed by atoms with van der Waals surface area (Å²) in [6, 6.07) is 10.8. The van der Waals surface area contributed by atoms with Crippen LogP contribution in [0.15, 0.2) is 55.0 Å². The van der Waals surface area contributed by atoms with Gasteiger partial charge < -0.3 is 10.6 Å². The summed E-state index contributed by atoms with van der Waals surface area (Å²) >= 11 is 0. The highest BCUT2D eigenvalue weighted by Crippen LogP contribution is 2.28. The number of aromatic nitrogens is 3. The predicted octanol–water partition coefficient (Wildman–Crippen LogP) is 5.07. The molecule has 0 aliphatic heterocycles. The number of carbonyl (C=O) groups excluding carboxylic acids is 1. The average Bonchev–Trinajstić information content (AvgIpc) is 2.85. The maximum atomic E-state index is 13.6. The number of anilines is 1. The fourth-order valence-corrected chi connectivity index (χ4v) is 3.82. The van der Waals surface area contributed by atoms with E-state index < -0.39 is 17.5 Å². The number of nitrogens with zero attached hydrogens (tertiary/aromatic N) is 3. The molecule has 34 heavy (non-hydrogen) atoms. The van der Waals surface area contributed by atoms with E-state index in [0.29, 0.717) is 17.9 Å². The Bertz CT molecular complexity index is 1340. The molecule has 2 aromatic carbocycles. The molecule has 0 aliphatic carbocycles. The highest BCUT2D eigenvalue weighted by atomic mass is 19.2. The molecular formula is C25H22F3N5O. The Balaban J connectivity index is 1.48. The Hall–Kier alpha value is -4.01. The van der Waals surface area contributed by atoms with Gasteiger partial charge in [-0.05, 0) is 36.1 Å². The van der Waals surface area contributed by atoms with Gasteiger partial charge in [0.15, 0.2) is 17.5 Å². The standard InChI is InChI=1S/C25H22F3N5O/c1-14(16-4-3-5-17-18(25(34)29-2)7-9-31-24(16)17)6-8-30-22-12-21(32-13-33-22)15-10-19(26)23(28)20(27)11-15/h3-5,7,9-14H,6,8H2,1-2H3,(H,29,34)(H,30,32,33). The number of amides is 1. The molecule has 2 aromatic heterocycles. The number of rotatable bonds is 7. The fourth-order valence-electron chi connectivity index (χ4n) is 3.82. The second kappa shape index (κ2) is 9.86. The molecule has 0 saturated carbocycles. The summed E-state index contributed by atoms with van der Waals surface area (Å²) in [7, 11) is 1.59. The molecule has 4 aromatic rings. The predicted molar refractivity (Wildman–Crippen MR) is 124 cm³/mol. The van der Waals surface area contributed by atoms with E-state index in [2.05, 4.69) is 32.5 Å². The first-order valence-corrected chi connectivity index (χ1v) is 10.7. The van der Waals surface area contributed by atoms with Crippen LogP contribution in [0.2, 0.25) is 0 Å². The lowest BCUT2D eigenvalue weighted by Crippen LogP contribution is -2.18. The summed E-state index contributed by atoms with van der Waals surface area (Å²) in [6.07, 6.45) is 3.63. The van der Waals surface area contributed by atoms with Gasteiger partial charge in [-0.15, -0.1) is 0 Å². The zero-order valence-electron chi connectivity index (χ0n) is 18.6. The minimum Gasteiger partial charge on any atom is -0.370 e. The Morgan fingerprint density at radius 3 is 2.53 bits per heavy atom. The zero-order valence-corrected chi connectivity index (χ0v) is 18.6. The third kappa shape index (κ3) is 4.68. The molecule has 0 saturated heterocycles. The van der Waals surface area contributed by atoms with Crippen molar-refractivity contribution in [1.29, 1.82) is 0 Å². The molecule has 2 N–H and O–H groups in total. The van der Waals surface area contributed by atoms with E-state index in [0.717, 1.165) is 35.0 Å². The molecule has 0 bridgehead atoms. The number of halogens is 3. The maximum Gasteiger partial charge on any atom is 0.251 e. The van der Waals surface area contributed by atoms with Crippen LogP contribution in [0.5, 0.6) is 0 Å². The highest BCUT2D eigenvalue weighted by molar-refractivity contribution is 6.06. The third-order valence-electron chi connectivity index (χ3n) is 5.63. The van der Waals surface area contributed by atoms with Crippen molar-refractivity contribution in [1.82, 2.24) is 20.3 Å². The minimum atomic E-state index is -1.52. The van der Waals surface area contributed by atoms with E-state index in [9.17, 15) is 18.0 Å². The second-order valence-electron chi connectivity index (χ2n) is 7.84. The van der Waals surface area contributed by atoms with Crippen LogP contribution in [0, 0.1) is 17.5 Å². The Morgan fingerprint density at radius 1 is 1.03 bits per heavy atom. The highest BCUT2D eigenvalue weighted by Gasteiger charge is 2.16. The number of hydrogen-bond acceptors (Lipinski definition) is 5. The van der Waals surface area contributed by atoms with Gasteiger partial charge in [-0.3, -0.25) is 9.78 Å². The molecule has 6 nitrogen and oxygen atoms in total. The van der Waals surface area contributed by atoms with Crippen molar-refractivity contribution in [3.8, 4) is 11.3 Å². The van der Waals surface area contributed by atoms with Crippen molar-refractivity contribution in [3.05, 3.63) is 83.6 Å². The summed E-state index contributed by atoms with van der Waals surface area (Å²) in [6.45, 7) is 2.62. The lowest BCUT2D eigenvalue weighted by molar-refractivity contribution is 0.0964. The van der Waals surface area contributed by atoms with Gasteiger partial charge in [0.1, 0.15) is 12.1 Å². The molecule has 0 fully saturated rings. The number of benzene rings is 2. The van der Waals surface area contributed by atoms with Crippen LogP contribution in [0.25, 0.3) is 22.2 Å². The quantitative estimate of drug-likeness (QED) is 0.373. The van der Waals surface area contributed by atoms with Crippen LogP contribution in [0.3, 0.4) is 0 Å². The van der Waals surface area contributed by atoms with Crippen molar-refractivity contribution < 1.29 is 18.0 Å². The smallest absolute Gasteiger partial charge is 0.251 e. The van der Waals surface area contributed by atoms with E-state index in [1.807, 2.05) is 18.2 Å². The molecule has 1 atom stereocenters. The lowest BCUT2D eigenvalue weighted by Gasteiger charge is -2.16. The monoisotopic (exact) mass is 465 g/mol. The molecular weight excluding hydrogens is 443 g/mol. The largest absolute Gasteiger partial charge is 0.370 e. The van der Waals surface area contributed by atoms with Gasteiger partial charge in [-0.2, -0.15) is 0 Å². The summed E-state index contributed by atoms with van der Waals surface area (Å²) < 4.78 is 40.4. The number of pyridine rings is 1. The normalized spacial score (nSPS) is 11.9. The summed E-state index contributed by atoms with van der Waals surface area (Å²) in [5, 5.41) is 6.63. The van der Waals surface area contributed by atoms with Gasteiger partial charge in [0.2, 0.25) is 0 Å². The van der Waals surface area contributed by atoms with Crippen LogP contribution in [0.4, 0.5) is 19.0 Å². The Morgan fingerprint density at radius 2 is 1.79 bits per heavy atom. The van der Waals surface area contributed by atoms with Gasteiger partial charge in [-0.25, -0.2) is 23.1 Å². The number of nitrogens with one attached hydrogen (secondary N) is 2. The van der Waals surface area contributed by atoms with Crippen molar-refractivity contribution >= 4 is 22.6 Å². The fraction of sp³-hybridized carbons (Fsp3) is 0.200. The third-order valence-corrected chi connectivity index (χ3v) is 5.63. The van der Waals surface area contributed by atoms with Crippen LogP contribution in [-0.2, 0) is 0 Å². The molecule has 0 radical (unpaired) electrons. The molecule has 2 heterocycles. The van der Waals surface area contributed by atoms with E-state index in [1.165, 1.54) is 6.33 Å². The van der Waals surface area contributed by atoms with Crippen LogP contribution in [-0.4, -0.2) is 34.5 Å². The maximum absolute atomic E-state index is 13.6. The summed E-state index contributed by atoms with van der Waals surface area (Å²) in [4.78, 5) is 24.9. The van der Waals surface area contributed by atoms with Gasteiger partial charge in [0.25, 0.3) is 5.91 Å². The van der Waals surface area contributed by atoms with E-state index in [-0.39, 0.29) is 23.1 Å². The van der Waals surface area contributed by atoms with Gasteiger partial charge in [0.05, 0.1) is 16.8 Å². The second-order valence-corrected chi connectivity index (χ2v) is 7.84. The molecule has 174 valence electrons. The van der Waals surface area contributed by atoms with Gasteiger partial charge >= 0.3 is 0 Å². The minimum absolute atomic E-state index is 0.115. The summed E-state index contributed by atoms with van der Waals surface area (Å²) in [5.74, 6) is -3.65. The lowest BCUT2D eigenvalue weighted by atomic mass is 9.94. The molecule has 9 heteroatoms. The van der Waals surface area contributed by atoms with Crippen molar-refractivity contribution in [2.45, 2.75) is 19.3 Å². The first-order chi connectivity index (χ1) is 16.4. The first kappa shape index (κ1) is 23.2. The van der Waals surface area contributed by atoms with Gasteiger partial charge in [0, 0.05) is 36.8 Å². The number of hydrogen-bond donors (Lipinski definition) is 2. The Labute approximate surface area is 194 Å². The SMILES string of the molecule is CNC(=O)c1ccnc2c(C(C)CCNc3cc(-c4cc(F)c(F)c(F)c4)ncn3)cccc12. The van der Waals surface area contributed by atoms with Crippen LogP contribution < -0.4 is 10.6 Å². The Kier molecular flexibility index (Phi) is 6.72. The number of carbonyl (C=O) groups is 1. The van der Waals surface area contributed by atoms with E-state index in [1.54, 1.807) is 25.4 Å². The zero-order chi connectivity index (χ0) is 24.2. The topological polar surface area (TPSA) is 79.8 Å². The average molecular weight is 465 g/mol. The molecule has 4 rings (SSSR count). The first-order valence-electron chi connectivity index (χ1n) is 10.7. The molecule has 1 unspecified atom stereocenters. The molecule has 1 amide bonds. The van der Waals surface area contributed by atoms with E-state index >= 15 is 0 Å². The van der Waals surface area contributed by atoms with Crippen molar-refractivity contribution in [3.63, 3.8) is 0 Å². The number of fused-ring (bicyclic) bond motifs is 1. The van der Waals surface area contributed by atoms with Crippen molar-refractivity contribution in [2.75, 3.05) is 18.9 Å². The van der Waals surface area contributed by atoms with Crippen LogP contribution >= 0.6 is 0 Å².